The van der Waals surface area contributed by atoms with Crippen LogP contribution in [0.25, 0.3) is 5.76 Å². The smallest absolute Gasteiger partial charge is 0.300 e. The summed E-state index contributed by atoms with van der Waals surface area (Å²) in [6.07, 6.45) is 0. The molecule has 3 aromatic rings. The summed E-state index contributed by atoms with van der Waals surface area (Å²) in [5.74, 6) is -0.0526. The van der Waals surface area contributed by atoms with Crippen molar-refractivity contribution in [3.05, 3.63) is 94.6 Å². The van der Waals surface area contributed by atoms with Crippen LogP contribution in [0.4, 0.5) is 5.69 Å². The number of amides is 1. The third kappa shape index (κ3) is 5.42. The SMILES string of the molecule is CCOc1cccc(N2C(=O)C(=O)/C(=C(\O)c3ccc(OC)c(C(C)(C)C)c3)C2c2ccc(C(C)C)cc2)c1. The third-order valence-corrected chi connectivity index (χ3v) is 7.05. The van der Waals surface area contributed by atoms with Gasteiger partial charge < -0.3 is 14.6 Å². The molecule has 0 radical (unpaired) electrons. The van der Waals surface area contributed by atoms with Crippen molar-refractivity contribution >= 4 is 23.1 Å². The fraction of sp³-hybridized carbons (Fsp3) is 0.333. The summed E-state index contributed by atoms with van der Waals surface area (Å²) in [5.41, 5.74) is 3.48. The number of ketones is 1. The molecular weight excluding hydrogens is 490 g/mol. The molecule has 3 aromatic carbocycles. The average molecular weight is 528 g/mol. The molecule has 1 heterocycles. The van der Waals surface area contributed by atoms with Gasteiger partial charge in [-0.25, -0.2) is 0 Å². The summed E-state index contributed by atoms with van der Waals surface area (Å²) in [7, 11) is 1.60. The van der Waals surface area contributed by atoms with Gasteiger partial charge in [0.25, 0.3) is 11.7 Å². The Morgan fingerprint density at radius 1 is 1.00 bits per heavy atom. The Kier molecular flexibility index (Phi) is 7.86. The van der Waals surface area contributed by atoms with Gasteiger partial charge in [-0.2, -0.15) is 0 Å². The number of Topliss-reactive ketones (excluding diaryl/α,β-unsaturated/α-hetero) is 1. The topological polar surface area (TPSA) is 76.1 Å². The van der Waals surface area contributed by atoms with Crippen molar-refractivity contribution in [2.45, 2.75) is 58.9 Å². The number of hydrogen-bond acceptors (Lipinski definition) is 5. The van der Waals surface area contributed by atoms with Gasteiger partial charge in [-0.05, 0) is 59.7 Å². The van der Waals surface area contributed by atoms with Crippen molar-refractivity contribution in [3.63, 3.8) is 0 Å². The highest BCUT2D eigenvalue weighted by Gasteiger charge is 2.47. The Labute approximate surface area is 230 Å². The first-order valence-electron chi connectivity index (χ1n) is 13.3. The second kappa shape index (κ2) is 11.0. The number of hydrogen-bond donors (Lipinski definition) is 1. The van der Waals surface area contributed by atoms with Crippen LogP contribution in [0.5, 0.6) is 11.5 Å². The van der Waals surface area contributed by atoms with Crippen LogP contribution in [0.2, 0.25) is 0 Å². The third-order valence-electron chi connectivity index (χ3n) is 7.05. The first-order chi connectivity index (χ1) is 18.5. The number of benzene rings is 3. The van der Waals surface area contributed by atoms with Crippen LogP contribution in [-0.4, -0.2) is 30.5 Å². The van der Waals surface area contributed by atoms with E-state index in [2.05, 4.69) is 34.6 Å². The maximum absolute atomic E-state index is 13.6. The molecular formula is C33H37NO5. The van der Waals surface area contributed by atoms with Crippen LogP contribution >= 0.6 is 0 Å². The molecule has 1 aliphatic rings. The van der Waals surface area contributed by atoms with E-state index in [0.29, 0.717) is 35.3 Å². The van der Waals surface area contributed by atoms with Gasteiger partial charge in [-0.15, -0.1) is 0 Å². The van der Waals surface area contributed by atoms with Crippen LogP contribution in [0.15, 0.2) is 72.3 Å². The fourth-order valence-corrected chi connectivity index (χ4v) is 4.96. The molecule has 0 aromatic heterocycles. The molecule has 1 N–H and O–H groups in total. The van der Waals surface area contributed by atoms with Crippen LogP contribution in [0.1, 0.15) is 75.8 Å². The molecule has 0 spiro atoms. The molecule has 0 bridgehead atoms. The van der Waals surface area contributed by atoms with Gasteiger partial charge in [0.2, 0.25) is 0 Å². The Morgan fingerprint density at radius 3 is 2.28 bits per heavy atom. The van der Waals surface area contributed by atoms with E-state index < -0.39 is 17.7 Å². The molecule has 1 amide bonds. The molecule has 0 aliphatic carbocycles. The summed E-state index contributed by atoms with van der Waals surface area (Å²) in [6, 6.07) is 19.5. The zero-order chi connectivity index (χ0) is 28.5. The van der Waals surface area contributed by atoms with Crippen LogP contribution in [0.3, 0.4) is 0 Å². The summed E-state index contributed by atoms with van der Waals surface area (Å²) < 4.78 is 11.2. The highest BCUT2D eigenvalue weighted by atomic mass is 16.5. The first-order valence-corrected chi connectivity index (χ1v) is 13.3. The molecule has 4 rings (SSSR count). The lowest BCUT2D eigenvalue weighted by Crippen LogP contribution is -2.29. The Morgan fingerprint density at radius 2 is 1.69 bits per heavy atom. The maximum atomic E-state index is 13.6. The molecule has 204 valence electrons. The highest BCUT2D eigenvalue weighted by Crippen LogP contribution is 2.44. The van der Waals surface area contributed by atoms with E-state index in [-0.39, 0.29) is 16.7 Å². The predicted octanol–water partition coefficient (Wildman–Crippen LogP) is 7.14. The first kappa shape index (κ1) is 28.0. The van der Waals surface area contributed by atoms with E-state index >= 15 is 0 Å². The number of rotatable bonds is 7. The predicted molar refractivity (Wildman–Crippen MR) is 155 cm³/mol. The molecule has 0 saturated carbocycles. The summed E-state index contributed by atoms with van der Waals surface area (Å²) in [4.78, 5) is 28.6. The number of methoxy groups -OCH3 is 1. The van der Waals surface area contributed by atoms with Gasteiger partial charge in [-0.3, -0.25) is 14.5 Å². The van der Waals surface area contributed by atoms with Crippen molar-refractivity contribution in [2.75, 3.05) is 18.6 Å². The average Bonchev–Trinajstić information content (AvgIpc) is 3.17. The number of aliphatic hydroxyl groups excluding tert-OH is 1. The van der Waals surface area contributed by atoms with E-state index in [1.165, 1.54) is 4.90 Å². The summed E-state index contributed by atoms with van der Waals surface area (Å²) in [6.45, 7) is 12.7. The quantitative estimate of drug-likeness (QED) is 0.201. The number of nitrogens with zero attached hydrogens (tertiary/aromatic N) is 1. The van der Waals surface area contributed by atoms with Crippen LogP contribution in [-0.2, 0) is 15.0 Å². The second-order valence-electron chi connectivity index (χ2n) is 11.1. The van der Waals surface area contributed by atoms with Crippen molar-refractivity contribution < 1.29 is 24.2 Å². The zero-order valence-electron chi connectivity index (χ0n) is 23.7. The number of aliphatic hydroxyl groups is 1. The molecule has 6 heteroatoms. The summed E-state index contributed by atoms with van der Waals surface area (Å²) in [5, 5.41) is 11.7. The Bertz CT molecular complexity index is 1410. The number of ether oxygens (including phenoxy) is 2. The molecule has 39 heavy (non-hydrogen) atoms. The van der Waals surface area contributed by atoms with E-state index in [4.69, 9.17) is 9.47 Å². The van der Waals surface area contributed by atoms with E-state index in [0.717, 1.165) is 16.7 Å². The van der Waals surface area contributed by atoms with Gasteiger partial charge in [0.15, 0.2) is 0 Å². The number of carbonyl (C=O) groups excluding carboxylic acids is 2. The lowest BCUT2D eigenvalue weighted by Gasteiger charge is -2.26. The Hall–Kier alpha value is -4.06. The fourth-order valence-electron chi connectivity index (χ4n) is 4.96. The minimum absolute atomic E-state index is 0.0455. The number of anilines is 1. The van der Waals surface area contributed by atoms with Crippen molar-refractivity contribution in [2.24, 2.45) is 0 Å². The van der Waals surface area contributed by atoms with E-state index in [9.17, 15) is 14.7 Å². The van der Waals surface area contributed by atoms with Gasteiger partial charge >= 0.3 is 0 Å². The normalized spacial score (nSPS) is 17.1. The van der Waals surface area contributed by atoms with Gasteiger partial charge in [0.1, 0.15) is 17.3 Å². The minimum atomic E-state index is -0.816. The van der Waals surface area contributed by atoms with Gasteiger partial charge in [0.05, 0.1) is 25.3 Å². The maximum Gasteiger partial charge on any atom is 0.300 e. The van der Waals surface area contributed by atoms with Gasteiger partial charge in [0, 0.05) is 22.9 Å². The minimum Gasteiger partial charge on any atom is -0.507 e. The monoisotopic (exact) mass is 527 g/mol. The van der Waals surface area contributed by atoms with Crippen LogP contribution < -0.4 is 14.4 Å². The summed E-state index contributed by atoms with van der Waals surface area (Å²) >= 11 is 0. The molecule has 1 atom stereocenters. The molecule has 1 saturated heterocycles. The van der Waals surface area contributed by atoms with E-state index in [1.54, 1.807) is 43.5 Å². The van der Waals surface area contributed by atoms with Crippen LogP contribution in [0, 0.1) is 0 Å². The molecule has 1 fully saturated rings. The largest absolute Gasteiger partial charge is 0.507 e. The number of carbonyl (C=O) groups is 2. The molecule has 1 unspecified atom stereocenters. The Balaban J connectivity index is 1.94. The molecule has 1 aliphatic heterocycles. The second-order valence-corrected chi connectivity index (χ2v) is 11.1. The highest BCUT2D eigenvalue weighted by molar-refractivity contribution is 6.51. The van der Waals surface area contributed by atoms with Crippen molar-refractivity contribution in [1.82, 2.24) is 0 Å². The lowest BCUT2D eigenvalue weighted by atomic mass is 9.84. The van der Waals surface area contributed by atoms with E-state index in [1.807, 2.05) is 37.3 Å². The van der Waals surface area contributed by atoms with Crippen molar-refractivity contribution in [3.8, 4) is 11.5 Å². The standard InChI is InChI=1S/C33H37NO5/c1-8-39-25-11-9-10-24(19-25)34-29(22-14-12-21(13-15-22)20(2)3)28(31(36)32(34)37)30(35)23-16-17-27(38-7)26(18-23)33(4,5)6/h9-20,29,35H,8H2,1-7H3/b30-28-. The van der Waals surface area contributed by atoms with Gasteiger partial charge in [-0.1, -0.05) is 65.0 Å². The lowest BCUT2D eigenvalue weighted by molar-refractivity contribution is -0.132. The zero-order valence-corrected chi connectivity index (χ0v) is 23.7. The van der Waals surface area contributed by atoms with Crippen molar-refractivity contribution in [1.29, 1.82) is 0 Å². The molecule has 6 nitrogen and oxygen atoms in total.